The number of carbonyl (C=O) groups excluding carboxylic acids is 1. The van der Waals surface area contributed by atoms with Crippen molar-refractivity contribution in [3.05, 3.63) is 73.3 Å². The average Bonchev–Trinajstić information content (AvgIpc) is 3.44. The van der Waals surface area contributed by atoms with Crippen LogP contribution in [-0.4, -0.2) is 20.5 Å². The maximum absolute atomic E-state index is 13.2. The van der Waals surface area contributed by atoms with Gasteiger partial charge in [0, 0.05) is 56.9 Å². The highest BCUT2D eigenvalue weighted by atomic mass is 35.5. The zero-order valence-electron chi connectivity index (χ0n) is 19.9. The van der Waals surface area contributed by atoms with Crippen LogP contribution in [0.4, 0.5) is 0 Å². The van der Waals surface area contributed by atoms with Crippen LogP contribution in [0.2, 0.25) is 10.0 Å². The Morgan fingerprint density at radius 3 is 2.67 bits per heavy atom. The molecule has 3 heterocycles. The topological polar surface area (TPSA) is 77.0 Å². The Kier molecular flexibility index (Phi) is 6.64. The molecule has 0 amide bonds. The van der Waals surface area contributed by atoms with Crippen LogP contribution in [0.3, 0.4) is 0 Å². The fourth-order valence-corrected chi connectivity index (χ4v) is 5.43. The van der Waals surface area contributed by atoms with Gasteiger partial charge in [-0.3, -0.25) is 14.2 Å². The molecule has 184 valence electrons. The normalized spacial score (nSPS) is 11.6. The second kappa shape index (κ2) is 9.73. The number of pyridine rings is 1. The lowest BCUT2D eigenvalue weighted by molar-refractivity contribution is -0.145. The van der Waals surface area contributed by atoms with Crippen molar-refractivity contribution in [2.24, 2.45) is 13.0 Å². The quantitative estimate of drug-likeness (QED) is 0.231. The summed E-state index contributed by atoms with van der Waals surface area (Å²) in [4.78, 5) is 33.1. The zero-order valence-corrected chi connectivity index (χ0v) is 22.2. The lowest BCUT2D eigenvalue weighted by Crippen LogP contribution is -2.19. The summed E-state index contributed by atoms with van der Waals surface area (Å²) in [6, 6.07) is 13.0. The molecule has 6 nitrogen and oxygen atoms in total. The number of aromatic amines is 1. The Labute approximate surface area is 221 Å². The van der Waals surface area contributed by atoms with Gasteiger partial charge in [-0.15, -0.1) is 11.3 Å². The number of H-pyrrole nitrogens is 1. The van der Waals surface area contributed by atoms with E-state index in [4.69, 9.17) is 27.9 Å². The third kappa shape index (κ3) is 4.66. The van der Waals surface area contributed by atoms with Gasteiger partial charge >= 0.3 is 5.97 Å². The number of fused-ring (bicyclic) bond motifs is 3. The highest BCUT2D eigenvalue weighted by molar-refractivity contribution is 7.09. The standard InChI is InChI=1S/C27H23Cl2N3O3S/c1-14(2)8-25(33)35-12-24-30-23(13-36-24)15-4-7-22-18(9-15)19-11-20(27(34)32(3)26(19)31-22)17-6-5-16(28)10-21(17)29/h4-7,9-11,13-14,31H,8,12H2,1-3H3. The number of thiazole rings is 1. The largest absolute Gasteiger partial charge is 0.458 e. The van der Waals surface area contributed by atoms with Crippen molar-refractivity contribution in [2.75, 3.05) is 0 Å². The predicted octanol–water partition coefficient (Wildman–Crippen LogP) is 7.21. The monoisotopic (exact) mass is 539 g/mol. The minimum atomic E-state index is -0.218. The minimum absolute atomic E-state index is 0.158. The number of ether oxygens (including phenoxy) is 1. The molecular formula is C27H23Cl2N3O3S. The molecule has 0 saturated carbocycles. The van der Waals surface area contributed by atoms with Crippen molar-refractivity contribution in [1.82, 2.24) is 14.5 Å². The maximum Gasteiger partial charge on any atom is 0.306 e. The molecule has 0 aliphatic heterocycles. The lowest BCUT2D eigenvalue weighted by Gasteiger charge is -2.08. The summed E-state index contributed by atoms with van der Waals surface area (Å²) in [5.74, 6) is 0.0344. The smallest absolute Gasteiger partial charge is 0.306 e. The summed E-state index contributed by atoms with van der Waals surface area (Å²) in [5.41, 5.74) is 4.33. The zero-order chi connectivity index (χ0) is 25.6. The molecule has 0 aliphatic carbocycles. The highest BCUT2D eigenvalue weighted by Gasteiger charge is 2.17. The molecule has 0 bridgehead atoms. The van der Waals surface area contributed by atoms with Crippen LogP contribution < -0.4 is 5.56 Å². The molecule has 3 aromatic heterocycles. The molecule has 0 atom stereocenters. The second-order valence-electron chi connectivity index (χ2n) is 9.08. The van der Waals surface area contributed by atoms with Gasteiger partial charge in [0.2, 0.25) is 0 Å². The number of carbonyl (C=O) groups is 1. The molecule has 0 spiro atoms. The second-order valence-corrected chi connectivity index (χ2v) is 10.9. The van der Waals surface area contributed by atoms with Gasteiger partial charge in [0.25, 0.3) is 5.56 Å². The first-order valence-electron chi connectivity index (χ1n) is 11.4. The average molecular weight is 540 g/mol. The lowest BCUT2D eigenvalue weighted by atomic mass is 10.0. The van der Waals surface area contributed by atoms with Gasteiger partial charge in [0.1, 0.15) is 17.3 Å². The molecule has 0 fully saturated rings. The third-order valence-electron chi connectivity index (χ3n) is 5.98. The van der Waals surface area contributed by atoms with Gasteiger partial charge in [0.15, 0.2) is 0 Å². The van der Waals surface area contributed by atoms with Crippen LogP contribution in [0.5, 0.6) is 0 Å². The molecule has 0 aliphatic rings. The Morgan fingerprint density at radius 1 is 1.11 bits per heavy atom. The van der Waals surface area contributed by atoms with E-state index in [2.05, 4.69) is 16.0 Å². The highest BCUT2D eigenvalue weighted by Crippen LogP contribution is 2.34. The molecule has 1 N–H and O–H groups in total. The van der Waals surface area contributed by atoms with E-state index >= 15 is 0 Å². The number of hydrogen-bond donors (Lipinski definition) is 1. The minimum Gasteiger partial charge on any atom is -0.458 e. The first-order valence-corrected chi connectivity index (χ1v) is 13.1. The van der Waals surface area contributed by atoms with Gasteiger partial charge < -0.3 is 9.72 Å². The number of benzene rings is 2. The predicted molar refractivity (Wildman–Crippen MR) is 147 cm³/mol. The van der Waals surface area contributed by atoms with Crippen LogP contribution in [0.25, 0.3) is 44.3 Å². The van der Waals surface area contributed by atoms with Crippen LogP contribution >= 0.6 is 34.5 Å². The van der Waals surface area contributed by atoms with Crippen LogP contribution in [-0.2, 0) is 23.2 Å². The van der Waals surface area contributed by atoms with E-state index in [1.807, 2.05) is 37.4 Å². The van der Waals surface area contributed by atoms with Gasteiger partial charge in [0.05, 0.1) is 10.7 Å². The number of nitrogens with one attached hydrogen (secondary N) is 1. The molecule has 9 heteroatoms. The van der Waals surface area contributed by atoms with E-state index in [1.165, 1.54) is 11.3 Å². The molecular weight excluding hydrogens is 517 g/mol. The summed E-state index contributed by atoms with van der Waals surface area (Å²) >= 11 is 13.9. The van der Waals surface area contributed by atoms with E-state index in [-0.39, 0.29) is 24.1 Å². The molecule has 36 heavy (non-hydrogen) atoms. The van der Waals surface area contributed by atoms with Crippen molar-refractivity contribution >= 4 is 62.4 Å². The van der Waals surface area contributed by atoms with Gasteiger partial charge in [-0.1, -0.05) is 49.2 Å². The van der Waals surface area contributed by atoms with Crippen molar-refractivity contribution < 1.29 is 9.53 Å². The van der Waals surface area contributed by atoms with E-state index in [1.54, 1.807) is 29.8 Å². The number of halogens is 2. The summed E-state index contributed by atoms with van der Waals surface area (Å²) in [6.07, 6.45) is 0.390. The number of aromatic nitrogens is 3. The number of aryl methyl sites for hydroxylation is 1. The van der Waals surface area contributed by atoms with Crippen molar-refractivity contribution in [3.63, 3.8) is 0 Å². The van der Waals surface area contributed by atoms with Crippen LogP contribution in [0, 0.1) is 5.92 Å². The molecule has 5 aromatic rings. The van der Waals surface area contributed by atoms with Crippen LogP contribution in [0.1, 0.15) is 25.3 Å². The molecule has 5 rings (SSSR count). The fraction of sp³-hybridized carbons (Fsp3) is 0.222. The Balaban J connectivity index is 1.54. The number of hydrogen-bond acceptors (Lipinski definition) is 5. The molecule has 2 aromatic carbocycles. The van der Waals surface area contributed by atoms with Gasteiger partial charge in [-0.05, 0) is 36.2 Å². The molecule has 0 unspecified atom stereocenters. The fourth-order valence-electron chi connectivity index (χ4n) is 4.20. The number of nitrogens with zero attached hydrogens (tertiary/aromatic N) is 2. The Hall–Kier alpha value is -3.13. The third-order valence-corrected chi connectivity index (χ3v) is 7.35. The van der Waals surface area contributed by atoms with E-state index in [9.17, 15) is 9.59 Å². The van der Waals surface area contributed by atoms with E-state index in [0.29, 0.717) is 27.6 Å². The van der Waals surface area contributed by atoms with Crippen molar-refractivity contribution in [1.29, 1.82) is 0 Å². The van der Waals surface area contributed by atoms with Gasteiger partial charge in [-0.2, -0.15) is 0 Å². The van der Waals surface area contributed by atoms with E-state index < -0.39 is 0 Å². The van der Waals surface area contributed by atoms with Crippen molar-refractivity contribution in [2.45, 2.75) is 26.9 Å². The summed E-state index contributed by atoms with van der Waals surface area (Å²) in [5, 5.41) is 5.48. The summed E-state index contributed by atoms with van der Waals surface area (Å²) in [7, 11) is 1.74. The van der Waals surface area contributed by atoms with Gasteiger partial charge in [-0.25, -0.2) is 4.98 Å². The van der Waals surface area contributed by atoms with Crippen LogP contribution in [0.15, 0.2) is 52.6 Å². The van der Waals surface area contributed by atoms with E-state index in [0.717, 1.165) is 38.2 Å². The summed E-state index contributed by atoms with van der Waals surface area (Å²) < 4.78 is 6.95. The molecule has 0 radical (unpaired) electrons. The van der Waals surface area contributed by atoms with Crippen molar-refractivity contribution in [3.8, 4) is 22.4 Å². The number of rotatable bonds is 6. The first-order chi connectivity index (χ1) is 17.2. The summed E-state index contributed by atoms with van der Waals surface area (Å²) in [6.45, 7) is 4.13. The Bertz CT molecular complexity index is 1680. The Morgan fingerprint density at radius 2 is 1.92 bits per heavy atom. The SMILES string of the molecule is CC(C)CC(=O)OCc1nc(-c2ccc3[nH]c4c(cc(-c5ccc(Cl)cc5Cl)c(=O)n4C)c3c2)cs1. The first kappa shape index (κ1) is 24.6. The number of esters is 1. The molecule has 0 saturated heterocycles. The maximum atomic E-state index is 13.2.